The molecule has 11 fully saturated rings. The molecule has 0 bridgehead atoms. The molecular weight excluding hydrogens is 1990 g/mol. The largest absolute Gasteiger partial charge is 0.477 e. The highest BCUT2D eigenvalue weighted by Gasteiger charge is 2.67. The molecule has 36 N–H and O–H groups in total. The Labute approximate surface area is 820 Å². The number of ether oxygens (including phenoxy) is 22. The molecule has 0 aromatic carbocycles. The zero-order valence-corrected chi connectivity index (χ0v) is 78.3. The molecule has 4 amide bonds. The van der Waals surface area contributed by atoms with Crippen molar-refractivity contribution in [2.24, 2.45) is 0 Å². The number of aliphatic hydroxyl groups is 30. The summed E-state index contributed by atoms with van der Waals surface area (Å²) >= 11 is 0. The molecular formula is C81H134N4O60. The normalized spacial score (nSPS) is 47.8. The molecule has 0 spiro atoms. The van der Waals surface area contributed by atoms with Crippen LogP contribution in [0.5, 0.6) is 0 Å². The third-order valence-electron chi connectivity index (χ3n) is 26.7. The Bertz CT molecular complexity index is 4120. The minimum absolute atomic E-state index is 0.853. The molecule has 11 aliphatic heterocycles. The molecule has 64 heteroatoms. The summed E-state index contributed by atoms with van der Waals surface area (Å²) in [5.74, 6) is -15.2. The van der Waals surface area contributed by atoms with Crippen molar-refractivity contribution < 1.29 is 296 Å². The van der Waals surface area contributed by atoms with E-state index in [0.29, 0.717) is 0 Å². The fourth-order valence-electron chi connectivity index (χ4n) is 18.9. The molecule has 11 aliphatic rings. The van der Waals surface area contributed by atoms with Crippen LogP contribution in [0.15, 0.2) is 0 Å². The fraction of sp³-hybridized carbons (Fsp3) is 0.926. The second-order valence-electron chi connectivity index (χ2n) is 36.8. The van der Waals surface area contributed by atoms with Gasteiger partial charge in [0.15, 0.2) is 56.6 Å². The summed E-state index contributed by atoms with van der Waals surface area (Å²) in [7, 11) is 0.930. The number of aliphatic hydroxyl groups excluding tert-OH is 30. The number of amides is 4. The van der Waals surface area contributed by atoms with Gasteiger partial charge in [-0.25, -0.2) is 9.59 Å². The molecule has 0 aromatic heterocycles. The monoisotopic (exact) mass is 2120 g/mol. The maximum atomic E-state index is 13.7. The number of aliphatic carboxylic acids is 2. The molecule has 64 nitrogen and oxygen atoms in total. The lowest BCUT2D eigenvalue weighted by Gasteiger charge is -2.52. The predicted molar refractivity (Wildman–Crippen MR) is 445 cm³/mol. The number of nitrogens with one attached hydrogen (secondary N) is 4. The summed E-state index contributed by atoms with van der Waals surface area (Å²) < 4.78 is 132. The van der Waals surface area contributed by atoms with Crippen LogP contribution < -0.4 is 21.3 Å². The van der Waals surface area contributed by atoms with E-state index in [0.717, 1.165) is 34.8 Å². The molecule has 0 aromatic rings. The van der Waals surface area contributed by atoms with Crippen molar-refractivity contribution in [3.63, 3.8) is 0 Å². The van der Waals surface area contributed by atoms with E-state index >= 15 is 0 Å². The number of methoxy groups -OCH3 is 1. The van der Waals surface area contributed by atoms with Crippen molar-refractivity contribution >= 4 is 35.6 Å². The number of rotatable bonds is 40. The Morgan fingerprint density at radius 1 is 0.303 bits per heavy atom. The first-order valence-corrected chi connectivity index (χ1v) is 46.0. The Balaban J connectivity index is 0.889. The van der Waals surface area contributed by atoms with E-state index in [1.165, 1.54) is 13.8 Å². The Morgan fingerprint density at radius 2 is 0.593 bits per heavy atom. The van der Waals surface area contributed by atoms with Crippen molar-refractivity contribution in [3.05, 3.63) is 0 Å². The van der Waals surface area contributed by atoms with Gasteiger partial charge < -0.3 is 289 Å². The topological polar surface area (TPSA) is 1000 Å². The van der Waals surface area contributed by atoms with Gasteiger partial charge in [0.05, 0.1) is 96.0 Å². The molecule has 145 heavy (non-hydrogen) atoms. The molecule has 0 unspecified atom stereocenters. The Hall–Kier alpha value is -5.26. The van der Waals surface area contributed by atoms with E-state index in [1.807, 2.05) is 0 Å². The van der Waals surface area contributed by atoms with Gasteiger partial charge in [0, 0.05) is 47.6 Å². The Kier molecular flexibility index (Phi) is 42.4. The van der Waals surface area contributed by atoms with Crippen molar-refractivity contribution in [2.45, 2.75) is 403 Å². The fourth-order valence-corrected chi connectivity index (χ4v) is 18.9. The molecule has 0 saturated carbocycles. The minimum Gasteiger partial charge on any atom is -0.477 e. The predicted octanol–water partition coefficient (Wildman–Crippen LogP) is -23.3. The van der Waals surface area contributed by atoms with Crippen LogP contribution in [0, 0.1) is 0 Å². The number of carboxylic acid groups (broad SMARTS) is 2. The van der Waals surface area contributed by atoms with Gasteiger partial charge >= 0.3 is 11.9 Å². The van der Waals surface area contributed by atoms with Crippen molar-refractivity contribution in [3.8, 4) is 0 Å². The first-order valence-electron chi connectivity index (χ1n) is 46.0. The highest BCUT2D eigenvalue weighted by atomic mass is 16.8. The van der Waals surface area contributed by atoms with E-state index < -0.39 is 457 Å². The second-order valence-corrected chi connectivity index (χ2v) is 36.8. The van der Waals surface area contributed by atoms with E-state index in [4.69, 9.17) is 104 Å². The molecule has 838 valence electrons. The molecule has 57 atom stereocenters. The Morgan fingerprint density at radius 3 is 0.938 bits per heavy atom. The smallest absolute Gasteiger partial charge is 0.364 e. The van der Waals surface area contributed by atoms with E-state index in [-0.39, 0.29) is 0 Å². The lowest BCUT2D eigenvalue weighted by Crippen LogP contribution is -2.72. The van der Waals surface area contributed by atoms with Crippen LogP contribution in [0.25, 0.3) is 0 Å². The highest BCUT2D eigenvalue weighted by molar-refractivity contribution is 5.78. The summed E-state index contributed by atoms with van der Waals surface area (Å²) in [6, 6.07) is -7.94. The third kappa shape index (κ3) is 26.0. The maximum Gasteiger partial charge on any atom is 0.364 e. The van der Waals surface area contributed by atoms with Crippen LogP contribution in [0.4, 0.5) is 0 Å². The average molecular weight is 2120 g/mol. The minimum atomic E-state index is -3.38. The zero-order valence-electron chi connectivity index (χ0n) is 78.3. The summed E-state index contributed by atoms with van der Waals surface area (Å²) in [5.41, 5.74) is 0. The number of carbonyl (C=O) groups excluding carboxylic acids is 4. The van der Waals surface area contributed by atoms with Gasteiger partial charge in [-0.15, -0.1) is 0 Å². The first-order chi connectivity index (χ1) is 68.3. The van der Waals surface area contributed by atoms with E-state index in [2.05, 4.69) is 21.3 Å². The van der Waals surface area contributed by atoms with Crippen LogP contribution in [0.2, 0.25) is 0 Å². The summed E-state index contributed by atoms with van der Waals surface area (Å²) in [4.78, 5) is 79.1. The van der Waals surface area contributed by atoms with Crippen LogP contribution in [0.1, 0.15) is 54.4 Å². The van der Waals surface area contributed by atoms with Gasteiger partial charge in [0.2, 0.25) is 23.6 Å². The van der Waals surface area contributed by atoms with Crippen molar-refractivity contribution in [2.75, 3.05) is 66.6 Å². The number of carboxylic acids is 2. The molecule has 11 rings (SSSR count). The standard InChI is InChI=1S/C81H134N4O60/c1-19-40(102)49(111)53(115)72(126-19)137-62-38(84-23(5)96)69(132-33(16-92)58(62)135-74-56(118)65(46(108)31(14-90)128-74)144-80(78(120)121)8-25(98)36(82-21(3)94)60(142-80)42(104)27(100)10-86)140-67-51(113)44(106)29(12-88)130-76(67)125-18-35-48(110)64(55(117)71(124-7)134-35)139-77-68(52(114)45(107)30(13-89)131-77)141-70-39(85-24(6)97)63(138-73-54(116)50(112)41(103)20(2)127-73)59(34(17-93)133-70)136-75-57(119)66(47(109)32(15-91)129-75)145-81(79(122)123)9-26(99)37(83-22(4)95)61(143-81)43(105)28(101)11-87/h19-20,25-77,86-93,98-119H,8-18H2,1-7H3,(H,82,94)(H,83,95)(H,84,96)(H,85,97)(H,120,121)(H,122,123)/t19-,20-,25-,26-,27+,28+,29+,30+,31+,32+,33+,34+,35+,36+,37+,38+,39+,40+,41+,42+,43+,44+,45+,46+,47+,48+,49+,50+,51-,52-,53-,54-,55-,56-,57-,58+,59+,60+,61+,62+,63+,64-,65+,66+,67-,68-,69-,70-,71-,72-,73-,74-,75-,76-,77+,80-,81-/m0/s1. The summed E-state index contributed by atoms with van der Waals surface area (Å²) in [6.45, 7) is -5.40. The van der Waals surface area contributed by atoms with Gasteiger partial charge in [0.1, 0.15) is 244 Å². The van der Waals surface area contributed by atoms with Gasteiger partial charge in [-0.1, -0.05) is 0 Å². The van der Waals surface area contributed by atoms with E-state index in [9.17, 15) is 192 Å². The van der Waals surface area contributed by atoms with Gasteiger partial charge in [-0.2, -0.15) is 0 Å². The van der Waals surface area contributed by atoms with Gasteiger partial charge in [0.25, 0.3) is 11.6 Å². The van der Waals surface area contributed by atoms with Crippen LogP contribution in [0.3, 0.4) is 0 Å². The summed E-state index contributed by atoms with van der Waals surface area (Å²) in [5, 5.41) is 370. The van der Waals surface area contributed by atoms with Crippen LogP contribution in [-0.2, 0) is 133 Å². The maximum absolute atomic E-state index is 13.7. The van der Waals surface area contributed by atoms with E-state index in [1.54, 1.807) is 0 Å². The number of hydrogen-bond donors (Lipinski definition) is 36. The van der Waals surface area contributed by atoms with Gasteiger partial charge in [-0.3, -0.25) is 19.2 Å². The van der Waals surface area contributed by atoms with Crippen LogP contribution >= 0.6 is 0 Å². The first kappa shape index (κ1) is 120. The average Bonchev–Trinajstić information content (AvgIpc) is 0.749. The molecule has 11 saturated heterocycles. The van der Waals surface area contributed by atoms with Gasteiger partial charge in [-0.05, 0) is 13.8 Å². The number of carbonyl (C=O) groups is 6. The summed E-state index contributed by atoms with van der Waals surface area (Å²) in [6.07, 6.45) is -117. The zero-order chi connectivity index (χ0) is 107. The highest BCUT2D eigenvalue weighted by Crippen LogP contribution is 2.46. The van der Waals surface area contributed by atoms with Crippen molar-refractivity contribution in [1.82, 2.24) is 21.3 Å². The molecule has 0 radical (unpaired) electrons. The molecule has 0 aliphatic carbocycles. The quantitative estimate of drug-likeness (QED) is 0.0271. The second kappa shape index (κ2) is 51.2. The SMILES string of the molecule is CO[C@H]1O[C@H](CO[C@H]2O[C@H](CO)[C@@H](O)[C@H](O)[C@@H]2O[C@@H]2O[C@H](CO)[C@@H](O[C@@H]3O[C@H](CO)[C@@H](O)[C@@H](O[C@]4(C(=O)O)C[C@H](O)[C@@H](NC(C)=O)[C@H]([C@H](O)[C@H](O)CO)O4)[C@@H]3O)[C@H](O[C@@H]3O[C@@H](C)[C@@H](O)[C@@H](O)[C@@H]3O)[C@H]2NC(C)=O)[C@@H](O)[C@H](O[C@H]2O[C@H](CO)[C@@H](O)[C@H](O)[C@@H]2O[C@@H]2O[C@H](CO)[C@@H](O[C@@H]3O[C@H](CO)[C@@H](O)[C@@H](O[C@]4(C(=O)O)C[C@H](O)[C@@H](NC(C)=O)[C@H]([C@H](O)[C@H](O)CO)O4)[C@@H]3O)[C@H](O[C@@H]3O[C@@H](C)[C@@H](O)[C@@H](O)[C@@H]3O)[C@H]2NC(C)=O)[C@@H]1O. The third-order valence-corrected chi connectivity index (χ3v) is 26.7. The lowest BCUT2D eigenvalue weighted by molar-refractivity contribution is -0.404. The molecule has 11 heterocycles. The number of hydrogen-bond acceptors (Lipinski definition) is 58. The van der Waals surface area contributed by atoms with Crippen molar-refractivity contribution in [1.29, 1.82) is 0 Å². The van der Waals surface area contributed by atoms with Crippen LogP contribution in [-0.4, -0.2) is 614 Å². The lowest BCUT2D eigenvalue weighted by atomic mass is 9.88.